The zero-order valence-electron chi connectivity index (χ0n) is 14.9. The van der Waals surface area contributed by atoms with E-state index in [1.54, 1.807) is 0 Å². The van der Waals surface area contributed by atoms with E-state index in [9.17, 15) is 17.6 Å². The molecule has 0 spiro atoms. The van der Waals surface area contributed by atoms with Crippen LogP contribution in [0.15, 0.2) is 41.3 Å². The molecule has 0 unspecified atom stereocenters. The Morgan fingerprint density at radius 2 is 1.67 bits per heavy atom. The van der Waals surface area contributed by atoms with Crippen molar-refractivity contribution in [3.63, 3.8) is 0 Å². The lowest BCUT2D eigenvalue weighted by atomic mass is 10.2. The first kappa shape index (κ1) is 24.8. The quantitative estimate of drug-likeness (QED) is 0.202. The molecule has 0 saturated heterocycles. The van der Waals surface area contributed by atoms with Crippen LogP contribution in [0.5, 0.6) is 0 Å². The Morgan fingerprint density at radius 1 is 1.07 bits per heavy atom. The van der Waals surface area contributed by atoms with E-state index < -0.39 is 46.3 Å². The lowest BCUT2D eigenvalue weighted by molar-refractivity contribution is 0.0283. The highest BCUT2D eigenvalue weighted by Crippen LogP contribution is 2.33. The van der Waals surface area contributed by atoms with Gasteiger partial charge in [-0.25, -0.2) is 9.18 Å². The fourth-order valence-electron chi connectivity index (χ4n) is 2.22. The zero-order chi connectivity index (χ0) is 22.5. The average Bonchev–Trinajstić information content (AvgIpc) is 2.68. The van der Waals surface area contributed by atoms with Crippen molar-refractivity contribution in [2.24, 2.45) is 0 Å². The molecule has 0 fully saturated rings. The van der Waals surface area contributed by atoms with E-state index in [2.05, 4.69) is 0 Å². The molecule has 2 atom stereocenters. The van der Waals surface area contributed by atoms with Crippen molar-refractivity contribution < 1.29 is 26.5 Å². The van der Waals surface area contributed by atoms with Crippen LogP contribution in [0.2, 0.25) is 20.1 Å². The van der Waals surface area contributed by atoms with E-state index in [1.165, 1.54) is 24.3 Å². The number of hydrogen-bond acceptors (Lipinski definition) is 6. The highest BCUT2D eigenvalue weighted by Gasteiger charge is 2.28. The van der Waals surface area contributed by atoms with Crippen LogP contribution in [0.25, 0.3) is 0 Å². The molecular weight excluding hydrogens is 503 g/mol. The van der Waals surface area contributed by atoms with Gasteiger partial charge in [0, 0.05) is 17.7 Å². The summed E-state index contributed by atoms with van der Waals surface area (Å²) in [5.74, 6) is -0.796. The molecule has 0 aromatic heterocycles. The van der Waals surface area contributed by atoms with Crippen molar-refractivity contribution >= 4 is 68.7 Å². The van der Waals surface area contributed by atoms with Crippen LogP contribution in [0.4, 0.5) is 4.39 Å². The van der Waals surface area contributed by atoms with Crippen LogP contribution in [0.3, 0.4) is 0 Å². The molecule has 0 saturated carbocycles. The Hall–Kier alpha value is -1.42. The third-order valence-corrected chi connectivity index (χ3v) is 6.46. The predicted octanol–water partition coefficient (Wildman–Crippen LogP) is 5.61. The molecule has 2 rings (SSSR count). The number of nitrogens with one attached hydrogen (secondary N) is 1. The van der Waals surface area contributed by atoms with Crippen LogP contribution in [-0.2, 0) is 19.0 Å². The molecule has 0 aliphatic rings. The van der Waals surface area contributed by atoms with Crippen LogP contribution >= 0.6 is 46.4 Å². The van der Waals surface area contributed by atoms with E-state index in [0.29, 0.717) is 11.2 Å². The minimum Gasteiger partial charge on any atom is -0.459 e. The van der Waals surface area contributed by atoms with Gasteiger partial charge in [-0.05, 0) is 36.4 Å². The maximum atomic E-state index is 13.7. The normalized spacial score (nSPS) is 13.5. The molecule has 1 N–H and O–H groups in total. The lowest BCUT2D eigenvalue weighted by Crippen LogP contribution is -2.29. The molecule has 0 aliphatic heterocycles. The monoisotopic (exact) mass is 515 g/mol. The molecule has 162 valence electrons. The van der Waals surface area contributed by atoms with Crippen molar-refractivity contribution in [2.45, 2.75) is 23.6 Å². The van der Waals surface area contributed by atoms with Crippen LogP contribution in [0.1, 0.15) is 16.8 Å². The van der Waals surface area contributed by atoms with Gasteiger partial charge in [0.25, 0.3) is 10.1 Å². The van der Waals surface area contributed by atoms with Crippen LogP contribution in [-0.4, -0.2) is 39.5 Å². The Balaban J connectivity index is 2.19. The highest BCUT2D eigenvalue weighted by molar-refractivity contribution is 7.87. The number of benzene rings is 2. The second-order valence-corrected chi connectivity index (χ2v) is 9.09. The molecular formula is C18H14Cl4FNO5S. The number of halogens is 5. The van der Waals surface area contributed by atoms with Gasteiger partial charge in [-0.3, -0.25) is 4.18 Å². The van der Waals surface area contributed by atoms with Gasteiger partial charge in [-0.1, -0.05) is 46.4 Å². The van der Waals surface area contributed by atoms with Gasteiger partial charge in [-0.2, -0.15) is 8.42 Å². The smallest absolute Gasteiger partial charge is 0.338 e. The summed E-state index contributed by atoms with van der Waals surface area (Å²) < 4.78 is 49.0. The summed E-state index contributed by atoms with van der Waals surface area (Å²) in [6.07, 6.45) is -3.36. The lowest BCUT2D eigenvalue weighted by Gasteiger charge is -2.19. The number of hydrogen-bond donors (Lipinski definition) is 1. The standard InChI is InChI=1S/C18H14Cl4FNO5S/c19-11-3-1-10(2-4-11)18(25)28-9-13(5-12(23)8-24)29-30(26,27)17-7-15(21)14(20)6-16(17)22/h1-4,6-8,12-13,24H,5,9H2/t12-,13-/m1/s1. The number of ether oxygens (including phenoxy) is 1. The van der Waals surface area contributed by atoms with Crippen molar-refractivity contribution in [3.8, 4) is 0 Å². The first-order chi connectivity index (χ1) is 14.0. The third-order valence-electron chi connectivity index (χ3n) is 3.66. The fourth-order valence-corrected chi connectivity index (χ4v) is 4.40. The number of carbonyl (C=O) groups is 1. The Morgan fingerprint density at radius 3 is 2.27 bits per heavy atom. The minimum atomic E-state index is -4.53. The highest BCUT2D eigenvalue weighted by atomic mass is 35.5. The SMILES string of the molecule is N=C[C@H](F)C[C@H](COC(=O)c1ccc(Cl)cc1)OS(=O)(=O)c1cc(Cl)c(Cl)cc1Cl. The predicted molar refractivity (Wildman–Crippen MR) is 114 cm³/mol. The van der Waals surface area contributed by atoms with E-state index in [-0.39, 0.29) is 20.6 Å². The number of rotatable bonds is 9. The maximum Gasteiger partial charge on any atom is 0.338 e. The Labute approximate surface area is 192 Å². The van der Waals surface area contributed by atoms with Gasteiger partial charge in [0.15, 0.2) is 0 Å². The van der Waals surface area contributed by atoms with E-state index in [1.807, 2.05) is 0 Å². The molecule has 6 nitrogen and oxygen atoms in total. The molecule has 2 aromatic carbocycles. The molecule has 0 aliphatic carbocycles. The summed E-state index contributed by atoms with van der Waals surface area (Å²) in [6, 6.07) is 7.85. The summed E-state index contributed by atoms with van der Waals surface area (Å²) >= 11 is 23.3. The summed E-state index contributed by atoms with van der Waals surface area (Å²) in [6.45, 7) is -0.603. The average molecular weight is 517 g/mol. The van der Waals surface area contributed by atoms with E-state index in [4.69, 9.17) is 60.7 Å². The van der Waals surface area contributed by atoms with Crippen molar-refractivity contribution in [3.05, 3.63) is 62.1 Å². The largest absolute Gasteiger partial charge is 0.459 e. The van der Waals surface area contributed by atoms with Gasteiger partial charge in [0.05, 0.1) is 20.6 Å². The zero-order valence-corrected chi connectivity index (χ0v) is 18.8. The molecule has 0 radical (unpaired) electrons. The first-order valence-corrected chi connectivity index (χ1v) is 11.1. The van der Waals surface area contributed by atoms with Gasteiger partial charge < -0.3 is 10.1 Å². The number of alkyl halides is 1. The molecule has 12 heteroatoms. The molecule has 0 amide bonds. The van der Waals surface area contributed by atoms with E-state index >= 15 is 0 Å². The van der Waals surface area contributed by atoms with Gasteiger partial charge in [0.1, 0.15) is 23.8 Å². The summed E-state index contributed by atoms with van der Waals surface area (Å²) in [4.78, 5) is 11.6. The molecule has 2 aromatic rings. The first-order valence-electron chi connectivity index (χ1n) is 8.18. The van der Waals surface area contributed by atoms with Crippen LogP contribution in [0, 0.1) is 5.41 Å². The topological polar surface area (TPSA) is 93.5 Å². The van der Waals surface area contributed by atoms with Gasteiger partial charge >= 0.3 is 5.97 Å². The van der Waals surface area contributed by atoms with Crippen molar-refractivity contribution in [2.75, 3.05) is 6.61 Å². The Bertz CT molecular complexity index is 1030. The van der Waals surface area contributed by atoms with E-state index in [0.717, 1.165) is 12.1 Å². The molecule has 30 heavy (non-hydrogen) atoms. The molecule has 0 heterocycles. The number of esters is 1. The van der Waals surface area contributed by atoms with Crippen LogP contribution < -0.4 is 0 Å². The Kier molecular flexibility index (Phi) is 8.90. The fraction of sp³-hybridized carbons (Fsp3) is 0.222. The summed E-state index contributed by atoms with van der Waals surface area (Å²) in [5, 5.41) is 7.07. The van der Waals surface area contributed by atoms with Crippen molar-refractivity contribution in [1.82, 2.24) is 0 Å². The second kappa shape index (κ2) is 10.7. The van der Waals surface area contributed by atoms with Gasteiger partial charge in [-0.15, -0.1) is 0 Å². The van der Waals surface area contributed by atoms with Gasteiger partial charge in [0.2, 0.25) is 0 Å². The summed E-state index contributed by atoms with van der Waals surface area (Å²) in [5.41, 5.74) is 0.150. The minimum absolute atomic E-state index is 0.0293. The maximum absolute atomic E-state index is 13.7. The summed E-state index contributed by atoms with van der Waals surface area (Å²) in [7, 11) is -4.53. The second-order valence-electron chi connectivity index (χ2n) is 5.89. The number of carbonyl (C=O) groups excluding carboxylic acids is 1. The molecule has 0 bridgehead atoms. The van der Waals surface area contributed by atoms with Crippen molar-refractivity contribution in [1.29, 1.82) is 5.41 Å². The third kappa shape index (κ3) is 6.80.